The zero-order valence-corrected chi connectivity index (χ0v) is 29.3. The summed E-state index contributed by atoms with van der Waals surface area (Å²) in [7, 11) is 0. The Hall–Kier alpha value is -6.00. The summed E-state index contributed by atoms with van der Waals surface area (Å²) in [5, 5.41) is 0. The van der Waals surface area contributed by atoms with Crippen LogP contribution in [0.4, 0.5) is 22.7 Å². The Morgan fingerprint density at radius 2 is 0.481 bits per heavy atom. The maximum Gasteiger partial charge on any atom is 0.0664 e. The summed E-state index contributed by atoms with van der Waals surface area (Å²) in [5.41, 5.74) is 18.7. The van der Waals surface area contributed by atoms with Crippen LogP contribution in [-0.2, 0) is 51.4 Å². The van der Waals surface area contributed by atoms with Gasteiger partial charge in [-0.3, -0.25) is 20.0 Å². The number of nitrogens with zero attached hydrogens (tertiary/aromatic N) is 4. The lowest BCUT2D eigenvalue weighted by Crippen LogP contribution is -1.99. The van der Waals surface area contributed by atoms with E-state index < -0.39 is 0 Å². The van der Waals surface area contributed by atoms with Gasteiger partial charge in [0.15, 0.2) is 0 Å². The topological polar surface area (TPSA) is 49.4 Å². The normalized spacial score (nSPS) is 14.8. The maximum atomic E-state index is 5.05. The first-order valence-corrected chi connectivity index (χ1v) is 18.5. The largest absolute Gasteiger partial charge is 0.256 e. The highest BCUT2D eigenvalue weighted by molar-refractivity contribution is 5.88. The molecule has 0 atom stereocenters. The van der Waals surface area contributed by atoms with Crippen molar-refractivity contribution in [3.8, 4) is 0 Å². The van der Waals surface area contributed by atoms with Gasteiger partial charge >= 0.3 is 0 Å². The molecule has 52 heavy (non-hydrogen) atoms. The second-order valence-electron chi connectivity index (χ2n) is 14.2. The lowest BCUT2D eigenvalue weighted by atomic mass is 9.94. The molecule has 18 rings (SSSR count). The first kappa shape index (κ1) is 31.9. The average Bonchev–Trinajstić information content (AvgIpc) is 3.17. The van der Waals surface area contributed by atoms with E-state index in [0.29, 0.717) is 0 Å². The van der Waals surface area contributed by atoms with Gasteiger partial charge in [-0.15, -0.1) is 0 Å². The van der Waals surface area contributed by atoms with Crippen LogP contribution in [0.25, 0.3) is 0 Å². The van der Waals surface area contributed by atoms with Gasteiger partial charge in [-0.2, -0.15) is 0 Å². The Kier molecular flexibility index (Phi) is 8.80. The molecule has 0 aromatic heterocycles. The molecule has 0 spiro atoms. The molecule has 4 heterocycles. The third-order valence-electron chi connectivity index (χ3n) is 10.6. The maximum absolute atomic E-state index is 5.05. The van der Waals surface area contributed by atoms with Crippen LogP contribution in [0, 0.1) is 0 Å². The summed E-state index contributed by atoms with van der Waals surface area (Å²) in [4.78, 5) is 20.2. The summed E-state index contributed by atoms with van der Waals surface area (Å²) in [6, 6.07) is 44.3. The molecular weight excluding hydrogens is 633 g/mol. The molecular formula is C48H40N4. The molecule has 252 valence electrons. The van der Waals surface area contributed by atoms with E-state index in [4.69, 9.17) is 20.0 Å². The van der Waals surface area contributed by atoms with Gasteiger partial charge in [0.1, 0.15) is 0 Å². The number of aryl methyl sites for hydroxylation is 8. The van der Waals surface area contributed by atoms with Crippen LogP contribution in [0.15, 0.2) is 141 Å². The summed E-state index contributed by atoms with van der Waals surface area (Å²) < 4.78 is 0. The molecule has 6 aromatic rings. The molecule has 0 N–H and O–H groups in total. The van der Waals surface area contributed by atoms with Crippen LogP contribution in [0.5, 0.6) is 0 Å². The van der Waals surface area contributed by atoms with Crippen molar-refractivity contribution < 1.29 is 0 Å². The number of aliphatic imine (C=N–C) groups is 4. The molecule has 16 bridgehead atoms. The van der Waals surface area contributed by atoms with E-state index >= 15 is 0 Å². The minimum atomic E-state index is 0.895. The van der Waals surface area contributed by atoms with Crippen molar-refractivity contribution in [3.63, 3.8) is 0 Å². The molecule has 4 aliphatic heterocycles. The third kappa shape index (κ3) is 7.24. The molecule has 0 saturated heterocycles. The van der Waals surface area contributed by atoms with Crippen molar-refractivity contribution in [2.45, 2.75) is 51.4 Å². The van der Waals surface area contributed by atoms with Crippen LogP contribution < -0.4 is 0 Å². The second kappa shape index (κ2) is 14.3. The summed E-state index contributed by atoms with van der Waals surface area (Å²) >= 11 is 0. The number of hydrogen-bond acceptors (Lipinski definition) is 4. The standard InChI is InChI=1S/C48H40N4/c1-2-34-14-18-42-22-21-41-17-13-33(1)25-45(41)49-29-37-5-7-39(8-6-37)31-51-47-27-35-3-4-36-16-20-44(24-23-43(47)19-15-35)48(28-36)52-32-40-11-9-38(10-12-40)30-50-46(42)26-34/h5-20,25-32H,1-4,21-24H2. The monoisotopic (exact) mass is 672 g/mol. The first-order chi connectivity index (χ1) is 25.7. The van der Waals surface area contributed by atoms with Crippen LogP contribution in [0.2, 0.25) is 0 Å². The Labute approximate surface area is 306 Å². The fraction of sp³-hybridized carbons (Fsp3) is 0.167. The van der Waals surface area contributed by atoms with E-state index in [1.54, 1.807) is 0 Å². The van der Waals surface area contributed by atoms with E-state index in [1.807, 2.05) is 24.9 Å². The number of hydrogen-bond donors (Lipinski definition) is 0. The Morgan fingerprint density at radius 1 is 0.250 bits per heavy atom. The van der Waals surface area contributed by atoms with Crippen molar-refractivity contribution in [1.82, 2.24) is 0 Å². The second-order valence-corrected chi connectivity index (χ2v) is 14.2. The van der Waals surface area contributed by atoms with Gasteiger partial charge in [0.25, 0.3) is 0 Å². The molecule has 4 heteroatoms. The highest BCUT2D eigenvalue weighted by Crippen LogP contribution is 2.31. The summed E-state index contributed by atoms with van der Waals surface area (Å²) in [6.07, 6.45) is 15.4. The van der Waals surface area contributed by atoms with Crippen molar-refractivity contribution >= 4 is 47.6 Å². The van der Waals surface area contributed by atoms with Crippen LogP contribution >= 0.6 is 0 Å². The molecule has 0 saturated carbocycles. The van der Waals surface area contributed by atoms with Crippen molar-refractivity contribution in [1.29, 1.82) is 0 Å². The highest BCUT2D eigenvalue weighted by Gasteiger charge is 2.13. The Bertz CT molecular complexity index is 2050. The minimum absolute atomic E-state index is 0.895. The van der Waals surface area contributed by atoms with E-state index in [1.165, 1.54) is 44.5 Å². The van der Waals surface area contributed by atoms with E-state index in [0.717, 1.165) is 96.4 Å². The van der Waals surface area contributed by atoms with E-state index in [-0.39, 0.29) is 0 Å². The van der Waals surface area contributed by atoms with Crippen LogP contribution in [0.3, 0.4) is 0 Å². The zero-order valence-electron chi connectivity index (χ0n) is 29.3. The van der Waals surface area contributed by atoms with E-state index in [2.05, 4.69) is 121 Å². The molecule has 4 nitrogen and oxygen atoms in total. The highest BCUT2D eigenvalue weighted by atomic mass is 14.7. The van der Waals surface area contributed by atoms with Gasteiger partial charge in [0, 0.05) is 24.9 Å². The molecule has 6 aromatic carbocycles. The predicted octanol–water partition coefficient (Wildman–Crippen LogP) is 10.8. The van der Waals surface area contributed by atoms with Crippen LogP contribution in [0.1, 0.15) is 66.8 Å². The van der Waals surface area contributed by atoms with Gasteiger partial charge in [-0.05, 0) is 142 Å². The fourth-order valence-electron chi connectivity index (χ4n) is 7.41. The quantitative estimate of drug-likeness (QED) is 0.154. The fourth-order valence-corrected chi connectivity index (χ4v) is 7.41. The minimum Gasteiger partial charge on any atom is -0.256 e. The molecule has 8 aliphatic carbocycles. The van der Waals surface area contributed by atoms with Gasteiger partial charge in [-0.1, -0.05) is 97.1 Å². The Balaban J connectivity index is 1.11. The van der Waals surface area contributed by atoms with Crippen molar-refractivity contribution in [2.24, 2.45) is 20.0 Å². The smallest absolute Gasteiger partial charge is 0.0664 e. The predicted molar refractivity (Wildman–Crippen MR) is 217 cm³/mol. The third-order valence-corrected chi connectivity index (χ3v) is 10.6. The van der Waals surface area contributed by atoms with Crippen molar-refractivity contribution in [2.75, 3.05) is 0 Å². The van der Waals surface area contributed by atoms with Crippen molar-refractivity contribution in [3.05, 3.63) is 188 Å². The number of rotatable bonds is 0. The van der Waals surface area contributed by atoms with Crippen LogP contribution in [-0.4, -0.2) is 24.9 Å². The van der Waals surface area contributed by atoms with Gasteiger partial charge in [-0.25, -0.2) is 0 Å². The molecule has 0 amide bonds. The number of benzene rings is 6. The van der Waals surface area contributed by atoms with Gasteiger partial charge in [0.2, 0.25) is 0 Å². The average molecular weight is 673 g/mol. The molecule has 0 unspecified atom stereocenters. The molecule has 0 radical (unpaired) electrons. The van der Waals surface area contributed by atoms with E-state index in [9.17, 15) is 0 Å². The SMILES string of the molecule is C1=Nc2cc3ccc2CCc2ccc(cc2N=Cc2ccc(cc2)C=Nc2cc4ccc2CCc2ccc(cc2N=Cc2ccc1cc2)CC4)CC3. The summed E-state index contributed by atoms with van der Waals surface area (Å²) in [6.45, 7) is 0. The summed E-state index contributed by atoms with van der Waals surface area (Å²) in [5.74, 6) is 0. The molecule has 12 aliphatic rings. The first-order valence-electron chi connectivity index (χ1n) is 18.5. The lowest BCUT2D eigenvalue weighted by molar-refractivity contribution is 0.921. The van der Waals surface area contributed by atoms with Gasteiger partial charge < -0.3 is 0 Å². The molecule has 0 fully saturated rings. The van der Waals surface area contributed by atoms with Gasteiger partial charge in [0.05, 0.1) is 22.7 Å². The lowest BCUT2D eigenvalue weighted by Gasteiger charge is -2.14. The Morgan fingerprint density at radius 3 is 0.712 bits per heavy atom. The zero-order chi connectivity index (χ0) is 34.7.